The number of halogens is 1. The average molecular weight is 541 g/mol. The molecule has 0 spiro atoms. The Hall–Kier alpha value is -4.02. The molecule has 3 N–H and O–H groups in total. The van der Waals surface area contributed by atoms with Gasteiger partial charge in [-0.15, -0.1) is 0 Å². The highest BCUT2D eigenvalue weighted by molar-refractivity contribution is 6.30. The van der Waals surface area contributed by atoms with Crippen LogP contribution in [0.3, 0.4) is 0 Å². The Kier molecular flexibility index (Phi) is 11.0. The molecule has 1 saturated heterocycles. The largest absolute Gasteiger partial charge is 0.478 e. The van der Waals surface area contributed by atoms with E-state index in [-0.39, 0.29) is 11.7 Å². The van der Waals surface area contributed by atoms with E-state index in [9.17, 15) is 14.4 Å². The molecule has 1 aliphatic heterocycles. The van der Waals surface area contributed by atoms with Crippen molar-refractivity contribution >= 4 is 29.4 Å². The van der Waals surface area contributed by atoms with Gasteiger partial charge in [0.05, 0.1) is 0 Å². The Morgan fingerprint density at radius 2 is 1.63 bits per heavy atom. The molecule has 0 aliphatic carbocycles. The van der Waals surface area contributed by atoms with E-state index in [0.29, 0.717) is 35.5 Å². The Balaban J connectivity index is 0.000000436. The maximum Gasteiger partial charge on any atom is 0.328 e. The molecule has 3 aromatic rings. The van der Waals surface area contributed by atoms with Crippen molar-refractivity contribution < 1.29 is 29.1 Å². The van der Waals surface area contributed by atoms with E-state index in [1.807, 2.05) is 0 Å². The van der Waals surface area contributed by atoms with Crippen molar-refractivity contribution in [3.63, 3.8) is 0 Å². The van der Waals surface area contributed by atoms with Crippen molar-refractivity contribution in [2.24, 2.45) is 5.92 Å². The van der Waals surface area contributed by atoms with Crippen LogP contribution in [0.4, 0.5) is 0 Å². The Labute approximate surface area is 224 Å². The second-order valence-corrected chi connectivity index (χ2v) is 9.13. The van der Waals surface area contributed by atoms with Crippen LogP contribution in [0.5, 0.6) is 0 Å². The van der Waals surface area contributed by atoms with Gasteiger partial charge in [-0.3, -0.25) is 9.69 Å². The fourth-order valence-corrected chi connectivity index (χ4v) is 4.04. The lowest BCUT2D eigenvalue weighted by Gasteiger charge is -2.32. The zero-order chi connectivity index (χ0) is 27.3. The van der Waals surface area contributed by atoms with Gasteiger partial charge in [-0.25, -0.2) is 9.59 Å². The summed E-state index contributed by atoms with van der Waals surface area (Å²) in [4.78, 5) is 38.1. The first-order valence-corrected chi connectivity index (χ1v) is 12.5. The van der Waals surface area contributed by atoms with Gasteiger partial charge in [-0.1, -0.05) is 47.1 Å². The minimum Gasteiger partial charge on any atom is -0.478 e. The number of aromatic nitrogens is 2. The fraction of sp³-hybridized carbons (Fsp3) is 0.296. The minimum absolute atomic E-state index is 0.0534. The number of benzene rings is 2. The van der Waals surface area contributed by atoms with E-state index in [4.69, 9.17) is 26.3 Å². The van der Waals surface area contributed by atoms with Crippen LogP contribution in [0.15, 0.2) is 71.3 Å². The molecule has 0 radical (unpaired) electrons. The number of amides is 1. The van der Waals surface area contributed by atoms with Crippen molar-refractivity contribution in [3.8, 4) is 11.5 Å². The molecule has 1 aromatic heterocycles. The van der Waals surface area contributed by atoms with E-state index in [1.54, 1.807) is 24.3 Å². The van der Waals surface area contributed by atoms with Crippen LogP contribution < -0.4 is 5.32 Å². The van der Waals surface area contributed by atoms with E-state index in [0.717, 1.165) is 44.5 Å². The quantitative estimate of drug-likeness (QED) is 0.341. The maximum absolute atomic E-state index is 12.3. The molecular formula is C27H29ClN4O6. The van der Waals surface area contributed by atoms with E-state index < -0.39 is 11.9 Å². The number of carbonyl (C=O) groups excluding carboxylic acids is 1. The van der Waals surface area contributed by atoms with Crippen LogP contribution in [0.2, 0.25) is 5.02 Å². The summed E-state index contributed by atoms with van der Waals surface area (Å²) in [5.41, 5.74) is 2.09. The summed E-state index contributed by atoms with van der Waals surface area (Å²) < 4.78 is 5.20. The zero-order valence-corrected chi connectivity index (χ0v) is 21.4. The molecule has 2 heterocycles. The minimum atomic E-state index is -1.26. The summed E-state index contributed by atoms with van der Waals surface area (Å²) in [5.74, 6) is -1.83. The molecular weight excluding hydrogens is 512 g/mol. The first kappa shape index (κ1) is 28.5. The van der Waals surface area contributed by atoms with Crippen molar-refractivity contribution in [2.45, 2.75) is 25.8 Å². The summed E-state index contributed by atoms with van der Waals surface area (Å²) in [6, 6.07) is 17.6. The second kappa shape index (κ2) is 14.7. The van der Waals surface area contributed by atoms with Crippen LogP contribution in [-0.4, -0.2) is 62.7 Å². The highest BCUT2D eigenvalue weighted by atomic mass is 35.5. The van der Waals surface area contributed by atoms with Gasteiger partial charge >= 0.3 is 11.9 Å². The molecule has 0 saturated carbocycles. The molecule has 0 bridgehead atoms. The zero-order valence-electron chi connectivity index (χ0n) is 20.6. The molecule has 10 nitrogen and oxygen atoms in total. The molecule has 1 amide bonds. The van der Waals surface area contributed by atoms with Gasteiger partial charge in [0.2, 0.25) is 0 Å². The van der Waals surface area contributed by atoms with Gasteiger partial charge in [0.25, 0.3) is 17.6 Å². The normalized spacial score (nSPS) is 14.0. The molecule has 1 fully saturated rings. The average Bonchev–Trinajstić information content (AvgIpc) is 3.40. The van der Waals surface area contributed by atoms with E-state index in [1.165, 1.54) is 5.56 Å². The molecule has 38 heavy (non-hydrogen) atoms. The number of nitrogens with zero attached hydrogens (tertiary/aromatic N) is 3. The Morgan fingerprint density at radius 1 is 1.00 bits per heavy atom. The van der Waals surface area contributed by atoms with Gasteiger partial charge in [0.1, 0.15) is 0 Å². The monoisotopic (exact) mass is 540 g/mol. The first-order chi connectivity index (χ1) is 18.3. The number of nitrogens with one attached hydrogen (secondary N) is 1. The van der Waals surface area contributed by atoms with Crippen LogP contribution in [0.1, 0.15) is 35.4 Å². The van der Waals surface area contributed by atoms with Crippen molar-refractivity contribution in [2.75, 3.05) is 19.6 Å². The number of aliphatic carboxylic acids is 2. The number of carboxylic acids is 2. The van der Waals surface area contributed by atoms with Gasteiger partial charge in [-0.05, 0) is 68.1 Å². The van der Waals surface area contributed by atoms with Crippen molar-refractivity contribution in [1.82, 2.24) is 20.4 Å². The Bertz CT molecular complexity index is 1210. The number of carboxylic acid groups (broad SMARTS) is 2. The van der Waals surface area contributed by atoms with E-state index >= 15 is 0 Å². The number of piperidine rings is 1. The number of carbonyl (C=O) groups is 3. The first-order valence-electron chi connectivity index (χ1n) is 12.1. The Morgan fingerprint density at radius 3 is 2.24 bits per heavy atom. The smallest absolute Gasteiger partial charge is 0.328 e. The van der Waals surface area contributed by atoms with Gasteiger partial charge in [0.15, 0.2) is 0 Å². The van der Waals surface area contributed by atoms with Crippen LogP contribution in [0.25, 0.3) is 11.5 Å². The summed E-state index contributed by atoms with van der Waals surface area (Å²) >= 11 is 5.89. The second-order valence-electron chi connectivity index (χ2n) is 8.69. The topological polar surface area (TPSA) is 146 Å². The molecule has 0 atom stereocenters. The lowest BCUT2D eigenvalue weighted by atomic mass is 9.93. The van der Waals surface area contributed by atoms with Crippen LogP contribution in [-0.2, 0) is 16.1 Å². The maximum atomic E-state index is 12.3. The predicted octanol–water partition coefficient (Wildman–Crippen LogP) is 4.13. The fourth-order valence-electron chi connectivity index (χ4n) is 3.91. The van der Waals surface area contributed by atoms with Crippen molar-refractivity contribution in [3.05, 3.63) is 83.2 Å². The summed E-state index contributed by atoms with van der Waals surface area (Å²) in [6.45, 7) is 3.83. The lowest BCUT2D eigenvalue weighted by molar-refractivity contribution is -0.134. The summed E-state index contributed by atoms with van der Waals surface area (Å²) in [5, 5.41) is 23.0. The SMILES string of the molecule is O=C(NCCC1CCN(Cc2ccccc2)CC1)c1noc(-c2ccc(Cl)cc2)n1.O=C(O)C=CC(=O)O. The third kappa shape index (κ3) is 9.79. The van der Waals surface area contributed by atoms with E-state index in [2.05, 4.69) is 50.7 Å². The highest BCUT2D eigenvalue weighted by Gasteiger charge is 2.20. The molecule has 200 valence electrons. The van der Waals surface area contributed by atoms with Gasteiger partial charge < -0.3 is 20.1 Å². The highest BCUT2D eigenvalue weighted by Crippen LogP contribution is 2.22. The molecule has 11 heteroatoms. The number of rotatable bonds is 9. The third-order valence-electron chi connectivity index (χ3n) is 5.88. The number of likely N-dealkylation sites (tertiary alicyclic amines) is 1. The van der Waals surface area contributed by atoms with Crippen LogP contribution in [0, 0.1) is 5.92 Å². The molecule has 4 rings (SSSR count). The number of hydrogen-bond donors (Lipinski definition) is 3. The molecule has 1 aliphatic rings. The number of hydrogen-bond acceptors (Lipinski definition) is 7. The standard InChI is InChI=1S/C23H25ClN4O2.C4H4O4/c24-20-8-6-19(7-9-20)23-26-21(27-30-23)22(29)25-13-10-17-11-14-28(15-12-17)16-18-4-2-1-3-5-18;5-3(6)1-2-4(7)8/h1-9,17H,10-16H2,(H,25,29);1-2H,(H,5,6)(H,7,8). The molecule has 0 unspecified atom stereocenters. The third-order valence-corrected chi connectivity index (χ3v) is 6.14. The summed E-state index contributed by atoms with van der Waals surface area (Å²) in [6.07, 6.45) is 4.40. The van der Waals surface area contributed by atoms with Gasteiger partial charge in [0, 0.05) is 35.8 Å². The van der Waals surface area contributed by atoms with Gasteiger partial charge in [-0.2, -0.15) is 4.98 Å². The lowest BCUT2D eigenvalue weighted by Crippen LogP contribution is -2.35. The van der Waals surface area contributed by atoms with Crippen molar-refractivity contribution in [1.29, 1.82) is 0 Å². The molecule has 2 aromatic carbocycles. The predicted molar refractivity (Wildman–Crippen MR) is 141 cm³/mol. The van der Waals surface area contributed by atoms with Crippen LogP contribution >= 0.6 is 11.6 Å². The summed E-state index contributed by atoms with van der Waals surface area (Å²) in [7, 11) is 0.